The van der Waals surface area contributed by atoms with Gasteiger partial charge in [0.15, 0.2) is 5.78 Å². The highest BCUT2D eigenvalue weighted by Gasteiger charge is 2.37. The van der Waals surface area contributed by atoms with Gasteiger partial charge in [-0.05, 0) is 36.1 Å². The van der Waals surface area contributed by atoms with Crippen molar-refractivity contribution in [3.05, 3.63) is 117 Å². The molecule has 1 atom stereocenters. The summed E-state index contributed by atoms with van der Waals surface area (Å²) in [6.45, 7) is 2.05. The summed E-state index contributed by atoms with van der Waals surface area (Å²) < 4.78 is 5.55. The fraction of sp³-hybridized carbons (Fsp3) is 0.172. The zero-order valence-electron chi connectivity index (χ0n) is 18.7. The number of carbonyl (C=O) groups is 1. The van der Waals surface area contributed by atoms with Crippen LogP contribution < -0.4 is 5.63 Å². The van der Waals surface area contributed by atoms with Crippen molar-refractivity contribution in [1.29, 1.82) is 0 Å². The lowest BCUT2D eigenvalue weighted by molar-refractivity contribution is -0.115. The van der Waals surface area contributed by atoms with Crippen LogP contribution in [0.15, 0.2) is 98.8 Å². The number of Topliss-reactive ketones (excluding diaryl/α,β-unsaturated/α-hetero) is 1. The smallest absolute Gasteiger partial charge is 0.344 e. The van der Waals surface area contributed by atoms with Crippen molar-refractivity contribution in [2.75, 3.05) is 0 Å². The van der Waals surface area contributed by atoms with E-state index in [0.717, 1.165) is 17.6 Å². The van der Waals surface area contributed by atoms with E-state index >= 15 is 0 Å². The summed E-state index contributed by atoms with van der Waals surface area (Å²) in [5, 5.41) is 22.9. The molecule has 0 aliphatic heterocycles. The maximum atomic E-state index is 13.4. The Hall–Kier alpha value is -4.12. The Balaban J connectivity index is 1.81. The highest BCUT2D eigenvalue weighted by Crippen LogP contribution is 2.44. The standard InChI is InChI=1S/C29H24O5/c1-2-17-8-7-10-18(15-14-17)24(25-22(30)16-19-9-3-4-11-20(19)27(25)31)26-28(32)21-12-5-6-13-23(21)34-29(26)33/h3-6,8-15,24,31-32H,2,7,16H2,1H3. The molecule has 34 heavy (non-hydrogen) atoms. The first-order valence-corrected chi connectivity index (χ1v) is 11.4. The summed E-state index contributed by atoms with van der Waals surface area (Å²) >= 11 is 0. The molecule has 0 saturated carbocycles. The molecular formula is C29H24O5. The summed E-state index contributed by atoms with van der Waals surface area (Å²) in [6, 6.07) is 13.9. The normalized spacial score (nSPS) is 16.7. The molecule has 0 amide bonds. The zero-order valence-corrected chi connectivity index (χ0v) is 18.7. The van der Waals surface area contributed by atoms with Gasteiger partial charge in [0.25, 0.3) is 0 Å². The molecule has 2 aliphatic carbocycles. The molecule has 0 fully saturated rings. The lowest BCUT2D eigenvalue weighted by atomic mass is 9.76. The van der Waals surface area contributed by atoms with Crippen molar-refractivity contribution < 1.29 is 19.4 Å². The van der Waals surface area contributed by atoms with Gasteiger partial charge in [0, 0.05) is 12.0 Å². The molecule has 0 spiro atoms. The van der Waals surface area contributed by atoms with Gasteiger partial charge in [-0.25, -0.2) is 4.79 Å². The minimum absolute atomic E-state index is 0.0520. The molecule has 1 heterocycles. The molecule has 1 unspecified atom stereocenters. The summed E-state index contributed by atoms with van der Waals surface area (Å²) in [5.74, 6) is -1.70. The lowest BCUT2D eigenvalue weighted by Gasteiger charge is -2.26. The quantitative estimate of drug-likeness (QED) is 0.481. The van der Waals surface area contributed by atoms with Gasteiger partial charge in [-0.3, -0.25) is 4.79 Å². The summed E-state index contributed by atoms with van der Waals surface area (Å²) in [7, 11) is 0. The SMILES string of the molecule is CCC1=CCC=C(C(C2=C(O)c3ccccc3CC2=O)c2c(O)c3ccccc3oc2=O)C=C1. The third kappa shape index (κ3) is 3.59. The Morgan fingerprint density at radius 2 is 1.74 bits per heavy atom. The average molecular weight is 453 g/mol. The summed E-state index contributed by atoms with van der Waals surface area (Å²) in [4.78, 5) is 26.7. The molecule has 2 aliphatic rings. The third-order valence-electron chi connectivity index (χ3n) is 6.54. The van der Waals surface area contributed by atoms with Crippen molar-refractivity contribution in [2.45, 2.75) is 32.1 Å². The number of aliphatic hydroxyl groups excluding tert-OH is 1. The summed E-state index contributed by atoms with van der Waals surface area (Å²) in [5.41, 5.74) is 2.60. The van der Waals surface area contributed by atoms with Gasteiger partial charge in [0.2, 0.25) is 0 Å². The van der Waals surface area contributed by atoms with Gasteiger partial charge in [-0.15, -0.1) is 0 Å². The second-order valence-electron chi connectivity index (χ2n) is 8.51. The van der Waals surface area contributed by atoms with E-state index in [1.165, 1.54) is 0 Å². The molecule has 0 radical (unpaired) electrons. The van der Waals surface area contributed by atoms with Crippen molar-refractivity contribution >= 4 is 22.5 Å². The molecule has 0 saturated heterocycles. The number of benzene rings is 2. The number of fused-ring (bicyclic) bond motifs is 2. The fourth-order valence-electron chi connectivity index (χ4n) is 4.79. The molecular weight excluding hydrogens is 428 g/mol. The van der Waals surface area contributed by atoms with Crippen LogP contribution in [-0.4, -0.2) is 16.0 Å². The van der Waals surface area contributed by atoms with Gasteiger partial charge in [0.05, 0.1) is 22.4 Å². The molecule has 1 aromatic heterocycles. The predicted molar refractivity (Wildman–Crippen MR) is 132 cm³/mol. The van der Waals surface area contributed by atoms with E-state index in [0.29, 0.717) is 22.9 Å². The minimum atomic E-state index is -0.984. The third-order valence-corrected chi connectivity index (χ3v) is 6.54. The van der Waals surface area contributed by atoms with E-state index in [2.05, 4.69) is 13.0 Å². The van der Waals surface area contributed by atoms with E-state index in [1.54, 1.807) is 42.5 Å². The van der Waals surface area contributed by atoms with Crippen LogP contribution in [0.3, 0.4) is 0 Å². The van der Waals surface area contributed by atoms with E-state index < -0.39 is 11.5 Å². The molecule has 5 nitrogen and oxygen atoms in total. The first-order valence-electron chi connectivity index (χ1n) is 11.4. The largest absolute Gasteiger partial charge is 0.507 e. The average Bonchev–Trinajstić information content (AvgIpc) is 3.08. The van der Waals surface area contributed by atoms with Crippen molar-refractivity contribution in [3.8, 4) is 5.75 Å². The minimum Gasteiger partial charge on any atom is -0.507 e. The van der Waals surface area contributed by atoms with E-state index in [9.17, 15) is 19.8 Å². The molecule has 5 rings (SSSR count). The number of allylic oxidation sites excluding steroid dienone is 7. The molecule has 170 valence electrons. The van der Waals surface area contributed by atoms with Crippen LogP contribution in [0.4, 0.5) is 0 Å². The zero-order chi connectivity index (χ0) is 23.8. The Labute approximate surface area is 196 Å². The highest BCUT2D eigenvalue weighted by atomic mass is 16.4. The van der Waals surface area contributed by atoms with Crippen LogP contribution in [0.2, 0.25) is 0 Å². The number of ketones is 1. The van der Waals surface area contributed by atoms with Gasteiger partial charge >= 0.3 is 5.63 Å². The number of carbonyl (C=O) groups excluding carboxylic acids is 1. The van der Waals surface area contributed by atoms with E-state index in [1.807, 2.05) is 24.3 Å². The predicted octanol–water partition coefficient (Wildman–Crippen LogP) is 5.90. The number of hydrogen-bond donors (Lipinski definition) is 2. The van der Waals surface area contributed by atoms with Crippen molar-refractivity contribution in [2.24, 2.45) is 0 Å². The molecule has 0 bridgehead atoms. The number of hydrogen-bond acceptors (Lipinski definition) is 5. The van der Waals surface area contributed by atoms with Crippen LogP contribution in [0, 0.1) is 0 Å². The molecule has 5 heteroatoms. The van der Waals surface area contributed by atoms with E-state index in [4.69, 9.17) is 4.42 Å². The highest BCUT2D eigenvalue weighted by molar-refractivity contribution is 6.08. The Bertz CT molecular complexity index is 1500. The van der Waals surface area contributed by atoms with E-state index in [-0.39, 0.29) is 40.4 Å². The Morgan fingerprint density at radius 3 is 2.56 bits per heavy atom. The maximum absolute atomic E-state index is 13.4. The van der Waals surface area contributed by atoms with Gasteiger partial charge < -0.3 is 14.6 Å². The topological polar surface area (TPSA) is 87.7 Å². The first kappa shape index (κ1) is 21.7. The van der Waals surface area contributed by atoms with Gasteiger partial charge in [0.1, 0.15) is 17.1 Å². The second kappa shape index (κ2) is 8.67. The second-order valence-corrected chi connectivity index (χ2v) is 8.51. The maximum Gasteiger partial charge on any atom is 0.344 e. The van der Waals surface area contributed by atoms with Gasteiger partial charge in [-0.2, -0.15) is 0 Å². The number of aromatic hydroxyl groups is 1. The van der Waals surface area contributed by atoms with Crippen molar-refractivity contribution in [1.82, 2.24) is 0 Å². The van der Waals surface area contributed by atoms with Crippen LogP contribution >= 0.6 is 0 Å². The van der Waals surface area contributed by atoms with Crippen LogP contribution in [0.5, 0.6) is 5.75 Å². The molecule has 2 N–H and O–H groups in total. The summed E-state index contributed by atoms with van der Waals surface area (Å²) in [6.07, 6.45) is 9.34. The lowest BCUT2D eigenvalue weighted by Crippen LogP contribution is -2.25. The van der Waals surface area contributed by atoms with Gasteiger partial charge in [-0.1, -0.05) is 73.2 Å². The fourth-order valence-corrected chi connectivity index (χ4v) is 4.79. The molecule has 2 aromatic carbocycles. The van der Waals surface area contributed by atoms with Crippen LogP contribution in [-0.2, 0) is 11.2 Å². The Kier molecular flexibility index (Phi) is 5.54. The van der Waals surface area contributed by atoms with Crippen LogP contribution in [0.25, 0.3) is 16.7 Å². The number of para-hydroxylation sites is 1. The number of rotatable bonds is 4. The first-order chi connectivity index (χ1) is 16.5. The number of aliphatic hydroxyl groups is 1. The monoisotopic (exact) mass is 452 g/mol. The Morgan fingerprint density at radius 1 is 0.971 bits per heavy atom. The van der Waals surface area contributed by atoms with Crippen LogP contribution in [0.1, 0.15) is 42.4 Å². The molecule has 3 aromatic rings. The van der Waals surface area contributed by atoms with Crippen molar-refractivity contribution in [3.63, 3.8) is 0 Å².